The molecule has 2 aromatic carbocycles. The lowest BCUT2D eigenvalue weighted by Gasteiger charge is -2.09. The lowest BCUT2D eigenvalue weighted by atomic mass is 10.2. The molecule has 3 nitrogen and oxygen atoms in total. The van der Waals surface area contributed by atoms with E-state index in [1.807, 2.05) is 0 Å². The quantitative estimate of drug-likeness (QED) is 0.380. The van der Waals surface area contributed by atoms with Gasteiger partial charge in [0.25, 0.3) is 0 Å². The van der Waals surface area contributed by atoms with Crippen LogP contribution in [-0.4, -0.2) is 11.0 Å². The predicted octanol–water partition coefficient (Wildman–Crippen LogP) is 4.38. The molecule has 0 bridgehead atoms. The Hall–Kier alpha value is -1.43. The highest BCUT2D eigenvalue weighted by molar-refractivity contribution is 7.99. The minimum Gasteiger partial charge on any atom is -0.409 e. The molecule has 0 saturated carbocycles. The molecule has 20 heavy (non-hydrogen) atoms. The van der Waals surface area contributed by atoms with Crippen molar-refractivity contribution in [1.29, 1.82) is 0 Å². The van der Waals surface area contributed by atoms with E-state index >= 15 is 0 Å². The second-order valence-corrected chi connectivity index (χ2v) is 5.71. The Balaban J connectivity index is 2.43. The van der Waals surface area contributed by atoms with Gasteiger partial charge in [-0.3, -0.25) is 0 Å². The molecule has 0 spiro atoms. The van der Waals surface area contributed by atoms with Crippen LogP contribution < -0.4 is 5.73 Å². The highest BCUT2D eigenvalue weighted by Crippen LogP contribution is 2.34. The second-order valence-electron chi connectivity index (χ2n) is 3.78. The summed E-state index contributed by atoms with van der Waals surface area (Å²) < 4.78 is 13.8. The largest absolute Gasteiger partial charge is 0.409 e. The molecular formula is C13H9Cl2FN2OS. The van der Waals surface area contributed by atoms with E-state index in [0.29, 0.717) is 14.9 Å². The zero-order valence-electron chi connectivity index (χ0n) is 9.98. The number of hydrogen-bond donors (Lipinski definition) is 2. The second kappa shape index (κ2) is 6.35. The van der Waals surface area contributed by atoms with Crippen molar-refractivity contribution in [1.82, 2.24) is 0 Å². The molecule has 0 aliphatic rings. The van der Waals surface area contributed by atoms with Crippen molar-refractivity contribution in [3.8, 4) is 0 Å². The summed E-state index contributed by atoms with van der Waals surface area (Å²) >= 11 is 13.0. The minimum absolute atomic E-state index is 0.0473. The van der Waals surface area contributed by atoms with E-state index in [2.05, 4.69) is 5.16 Å². The van der Waals surface area contributed by atoms with Gasteiger partial charge in [0.15, 0.2) is 5.84 Å². The van der Waals surface area contributed by atoms with E-state index in [0.717, 1.165) is 4.90 Å². The Morgan fingerprint density at radius 2 is 1.95 bits per heavy atom. The zero-order chi connectivity index (χ0) is 14.7. The fourth-order valence-corrected chi connectivity index (χ4v) is 2.94. The van der Waals surface area contributed by atoms with E-state index in [9.17, 15) is 4.39 Å². The number of rotatable bonds is 3. The number of benzene rings is 2. The number of hydrogen-bond acceptors (Lipinski definition) is 3. The molecule has 7 heteroatoms. The van der Waals surface area contributed by atoms with Crippen LogP contribution in [0.25, 0.3) is 0 Å². The summed E-state index contributed by atoms with van der Waals surface area (Å²) in [6.45, 7) is 0. The van der Waals surface area contributed by atoms with E-state index < -0.39 is 5.82 Å². The summed E-state index contributed by atoms with van der Waals surface area (Å²) in [5.41, 5.74) is 5.55. The van der Waals surface area contributed by atoms with Gasteiger partial charge in [-0.2, -0.15) is 0 Å². The molecule has 0 unspecified atom stereocenters. The molecular weight excluding hydrogens is 322 g/mol. The number of halogens is 3. The van der Waals surface area contributed by atoms with Crippen molar-refractivity contribution in [3.05, 3.63) is 57.8 Å². The van der Waals surface area contributed by atoms with E-state index in [4.69, 9.17) is 34.1 Å². The fourth-order valence-electron chi connectivity index (χ4n) is 1.56. The summed E-state index contributed by atoms with van der Waals surface area (Å²) in [5, 5.41) is 12.4. The van der Waals surface area contributed by atoms with Crippen molar-refractivity contribution < 1.29 is 9.60 Å². The van der Waals surface area contributed by atoms with Crippen molar-refractivity contribution in [2.75, 3.05) is 0 Å². The van der Waals surface area contributed by atoms with Crippen LogP contribution in [0.3, 0.4) is 0 Å². The molecule has 2 aromatic rings. The van der Waals surface area contributed by atoms with Gasteiger partial charge in [0.1, 0.15) is 5.82 Å². The van der Waals surface area contributed by atoms with Crippen molar-refractivity contribution in [2.24, 2.45) is 10.9 Å². The van der Waals surface area contributed by atoms with Gasteiger partial charge < -0.3 is 10.9 Å². The Morgan fingerprint density at radius 3 is 2.60 bits per heavy atom. The first-order chi connectivity index (χ1) is 9.52. The van der Waals surface area contributed by atoms with Gasteiger partial charge in [-0.15, -0.1) is 0 Å². The van der Waals surface area contributed by atoms with Crippen LogP contribution in [0.2, 0.25) is 10.0 Å². The molecule has 2 rings (SSSR count). The maximum absolute atomic E-state index is 13.8. The van der Waals surface area contributed by atoms with Gasteiger partial charge in [-0.05, 0) is 30.3 Å². The molecule has 3 N–H and O–H groups in total. The third-order valence-corrected chi connectivity index (χ3v) is 4.25. The smallest absolute Gasteiger partial charge is 0.174 e. The summed E-state index contributed by atoms with van der Waals surface area (Å²) in [6, 6.07) is 9.52. The van der Waals surface area contributed by atoms with Gasteiger partial charge >= 0.3 is 0 Å². The van der Waals surface area contributed by atoms with Crippen LogP contribution in [0.5, 0.6) is 0 Å². The highest BCUT2D eigenvalue weighted by Gasteiger charge is 2.14. The Kier molecular flexibility index (Phi) is 4.75. The monoisotopic (exact) mass is 330 g/mol. The first-order valence-corrected chi connectivity index (χ1v) is 6.99. The molecule has 0 heterocycles. The number of oxime groups is 1. The lowest BCUT2D eigenvalue weighted by molar-refractivity contribution is 0.318. The molecule has 0 saturated heterocycles. The number of amidine groups is 1. The predicted molar refractivity (Wildman–Crippen MR) is 79.5 cm³/mol. The first-order valence-electron chi connectivity index (χ1n) is 5.42. The van der Waals surface area contributed by atoms with Crippen LogP contribution in [0.4, 0.5) is 4.39 Å². The van der Waals surface area contributed by atoms with Crippen LogP contribution in [0, 0.1) is 5.82 Å². The van der Waals surface area contributed by atoms with Crippen LogP contribution in [0.1, 0.15) is 5.56 Å². The Bertz CT molecular complexity index is 679. The summed E-state index contributed by atoms with van der Waals surface area (Å²) in [7, 11) is 0. The fraction of sp³-hybridized carbons (Fsp3) is 0. The SMILES string of the molecule is NC(=NO)c1c(F)cccc1Sc1ccc(Cl)c(Cl)c1. The van der Waals surface area contributed by atoms with Gasteiger partial charge in [0.2, 0.25) is 0 Å². The average Bonchev–Trinajstić information content (AvgIpc) is 2.42. The molecule has 0 atom stereocenters. The topological polar surface area (TPSA) is 58.6 Å². The Morgan fingerprint density at radius 1 is 1.20 bits per heavy atom. The van der Waals surface area contributed by atoms with Crippen LogP contribution in [-0.2, 0) is 0 Å². The van der Waals surface area contributed by atoms with Gasteiger partial charge in [0, 0.05) is 9.79 Å². The number of nitrogens with two attached hydrogens (primary N) is 1. The van der Waals surface area contributed by atoms with Crippen molar-refractivity contribution in [2.45, 2.75) is 9.79 Å². The molecule has 0 aliphatic heterocycles. The van der Waals surface area contributed by atoms with Gasteiger partial charge in [0.05, 0.1) is 15.6 Å². The van der Waals surface area contributed by atoms with Gasteiger partial charge in [-0.25, -0.2) is 4.39 Å². The summed E-state index contributed by atoms with van der Waals surface area (Å²) in [5.74, 6) is -0.851. The van der Waals surface area contributed by atoms with Crippen LogP contribution >= 0.6 is 35.0 Å². The summed E-state index contributed by atoms with van der Waals surface area (Å²) in [4.78, 5) is 1.27. The highest BCUT2D eigenvalue weighted by atomic mass is 35.5. The first kappa shape index (κ1) is 15.0. The van der Waals surface area contributed by atoms with E-state index in [-0.39, 0.29) is 11.4 Å². The molecule has 0 aromatic heterocycles. The maximum Gasteiger partial charge on any atom is 0.174 e. The summed E-state index contributed by atoms with van der Waals surface area (Å²) in [6.07, 6.45) is 0. The molecule has 104 valence electrons. The van der Waals surface area contributed by atoms with E-state index in [1.54, 1.807) is 30.3 Å². The zero-order valence-corrected chi connectivity index (χ0v) is 12.3. The Labute approximate surface area is 129 Å². The van der Waals surface area contributed by atoms with Crippen LogP contribution in [0.15, 0.2) is 51.3 Å². The lowest BCUT2D eigenvalue weighted by Crippen LogP contribution is -2.16. The molecule has 0 radical (unpaired) electrons. The maximum atomic E-state index is 13.8. The van der Waals surface area contributed by atoms with E-state index in [1.165, 1.54) is 17.8 Å². The van der Waals surface area contributed by atoms with Gasteiger partial charge in [-0.1, -0.05) is 46.2 Å². The molecule has 0 fully saturated rings. The minimum atomic E-state index is -0.564. The standard InChI is InChI=1S/C13H9Cl2FN2OS/c14-8-5-4-7(6-9(8)15)20-11-3-1-2-10(16)12(11)13(17)18-19/h1-6,19H,(H2,17,18). The third kappa shape index (κ3) is 3.17. The van der Waals surface area contributed by atoms with Crippen molar-refractivity contribution >= 4 is 40.8 Å². The third-order valence-electron chi connectivity index (χ3n) is 2.46. The molecule has 0 aliphatic carbocycles. The molecule has 0 amide bonds. The average molecular weight is 331 g/mol. The normalized spacial score (nSPS) is 11.7. The van der Waals surface area contributed by atoms with Crippen molar-refractivity contribution in [3.63, 3.8) is 0 Å². The number of nitrogens with zero attached hydrogens (tertiary/aromatic N) is 1.